The highest BCUT2D eigenvalue weighted by molar-refractivity contribution is 6.35. The highest BCUT2D eigenvalue weighted by Gasteiger charge is 2.15. The summed E-state index contributed by atoms with van der Waals surface area (Å²) in [6, 6.07) is 7.93. The number of benzene rings is 1. The van der Waals surface area contributed by atoms with Gasteiger partial charge in [-0.2, -0.15) is 9.97 Å². The van der Waals surface area contributed by atoms with E-state index in [-0.39, 0.29) is 0 Å². The van der Waals surface area contributed by atoms with Gasteiger partial charge in [0.1, 0.15) is 11.6 Å². The van der Waals surface area contributed by atoms with E-state index in [9.17, 15) is 0 Å². The number of hydrogen-bond acceptors (Lipinski definition) is 5. The van der Waals surface area contributed by atoms with Gasteiger partial charge in [0.15, 0.2) is 0 Å². The van der Waals surface area contributed by atoms with E-state index in [1.54, 1.807) is 13.2 Å². The zero-order valence-electron chi connectivity index (χ0n) is 14.3. The van der Waals surface area contributed by atoms with Crippen molar-refractivity contribution in [1.82, 2.24) is 9.97 Å². The molecule has 0 radical (unpaired) electrons. The topological polar surface area (TPSA) is 50.3 Å². The van der Waals surface area contributed by atoms with Crippen molar-refractivity contribution >= 4 is 34.8 Å². The Kier molecular flexibility index (Phi) is 6.21. The van der Waals surface area contributed by atoms with Crippen LogP contribution >= 0.6 is 23.2 Å². The van der Waals surface area contributed by atoms with Gasteiger partial charge in [0.2, 0.25) is 0 Å². The van der Waals surface area contributed by atoms with Crippen molar-refractivity contribution in [2.45, 2.75) is 25.7 Å². The summed E-state index contributed by atoms with van der Waals surface area (Å²) in [5.41, 5.74) is 1.05. The Labute approximate surface area is 158 Å². The van der Waals surface area contributed by atoms with E-state index in [1.807, 2.05) is 18.2 Å². The second kappa shape index (κ2) is 8.59. The number of nitrogens with zero attached hydrogens (tertiary/aromatic N) is 3. The summed E-state index contributed by atoms with van der Waals surface area (Å²) >= 11 is 12.2. The molecule has 0 unspecified atom stereocenters. The molecular formula is C18H22Cl2N4O. The Hall–Kier alpha value is -1.72. The van der Waals surface area contributed by atoms with Gasteiger partial charge < -0.3 is 15.0 Å². The Balaban J connectivity index is 1.66. The first kappa shape index (κ1) is 18.1. The summed E-state index contributed by atoms with van der Waals surface area (Å²) in [4.78, 5) is 11.2. The molecule has 1 aliphatic rings. The van der Waals surface area contributed by atoms with Crippen molar-refractivity contribution in [1.29, 1.82) is 0 Å². The predicted molar refractivity (Wildman–Crippen MR) is 103 cm³/mol. The lowest BCUT2D eigenvalue weighted by Gasteiger charge is -2.28. The molecule has 2 aromatic rings. The highest BCUT2D eigenvalue weighted by Crippen LogP contribution is 2.24. The molecule has 7 heteroatoms. The third-order valence-corrected chi connectivity index (χ3v) is 4.86. The first-order chi connectivity index (χ1) is 12.2. The summed E-state index contributed by atoms with van der Waals surface area (Å²) in [5.74, 6) is 1.68. The molecule has 1 fully saturated rings. The van der Waals surface area contributed by atoms with Gasteiger partial charge in [-0.25, -0.2) is 0 Å². The van der Waals surface area contributed by atoms with Crippen LogP contribution in [-0.2, 0) is 6.42 Å². The fourth-order valence-corrected chi connectivity index (χ4v) is 3.43. The third-order valence-electron chi connectivity index (χ3n) is 4.27. The molecule has 1 aromatic heterocycles. The Bertz CT molecular complexity index is 720. The van der Waals surface area contributed by atoms with Crippen LogP contribution < -0.4 is 15.0 Å². The summed E-state index contributed by atoms with van der Waals surface area (Å²) in [6.07, 6.45) is 4.46. The van der Waals surface area contributed by atoms with Crippen LogP contribution in [0.25, 0.3) is 0 Å². The Morgan fingerprint density at radius 3 is 2.64 bits per heavy atom. The number of methoxy groups -OCH3 is 1. The minimum atomic E-state index is 0.384. The lowest BCUT2D eigenvalue weighted by molar-refractivity contribution is 0.380. The number of hydrogen-bond donors (Lipinski definition) is 1. The lowest BCUT2D eigenvalue weighted by atomic mass is 10.1. The maximum absolute atomic E-state index is 6.22. The van der Waals surface area contributed by atoms with E-state index < -0.39 is 0 Å². The van der Waals surface area contributed by atoms with Crippen molar-refractivity contribution < 1.29 is 4.74 Å². The average molecular weight is 381 g/mol. The number of ether oxygens (including phenoxy) is 1. The first-order valence-corrected chi connectivity index (χ1v) is 9.27. The van der Waals surface area contributed by atoms with Crippen LogP contribution in [0.4, 0.5) is 11.6 Å². The largest absolute Gasteiger partial charge is 0.467 e. The second-order valence-electron chi connectivity index (χ2n) is 6.06. The van der Waals surface area contributed by atoms with Gasteiger partial charge in [0.25, 0.3) is 0 Å². The van der Waals surface area contributed by atoms with Crippen molar-refractivity contribution in [2.24, 2.45) is 0 Å². The van der Waals surface area contributed by atoms with E-state index in [4.69, 9.17) is 27.9 Å². The zero-order valence-corrected chi connectivity index (χ0v) is 15.8. The molecule has 1 saturated heterocycles. The standard InChI is InChI=1S/C18H22Cl2N4O/c1-25-18-22-16(12-17(23-18)24-9-3-2-4-10-24)21-8-7-13-5-6-14(19)11-15(13)20/h5-6,11-12H,2-4,7-10H2,1H3,(H,21,22,23). The van der Waals surface area contributed by atoms with Gasteiger partial charge in [-0.1, -0.05) is 29.3 Å². The van der Waals surface area contributed by atoms with Crippen LogP contribution in [0.1, 0.15) is 24.8 Å². The fourth-order valence-electron chi connectivity index (χ4n) is 2.93. The summed E-state index contributed by atoms with van der Waals surface area (Å²) in [5, 5.41) is 4.67. The van der Waals surface area contributed by atoms with Crippen LogP contribution in [0.15, 0.2) is 24.3 Å². The van der Waals surface area contributed by atoms with Gasteiger partial charge in [-0.3, -0.25) is 0 Å². The van der Waals surface area contributed by atoms with E-state index in [1.165, 1.54) is 19.3 Å². The van der Waals surface area contributed by atoms with Crippen LogP contribution in [0.2, 0.25) is 10.0 Å². The average Bonchev–Trinajstić information content (AvgIpc) is 2.64. The first-order valence-electron chi connectivity index (χ1n) is 8.51. The number of rotatable bonds is 6. The SMILES string of the molecule is COc1nc(NCCc2ccc(Cl)cc2Cl)cc(N2CCCCC2)n1. The maximum Gasteiger partial charge on any atom is 0.320 e. The van der Waals surface area contributed by atoms with Crippen molar-refractivity contribution in [2.75, 3.05) is 37.0 Å². The summed E-state index contributed by atoms with van der Waals surface area (Å²) < 4.78 is 5.26. The summed E-state index contributed by atoms with van der Waals surface area (Å²) in [7, 11) is 1.59. The molecule has 5 nitrogen and oxygen atoms in total. The molecule has 134 valence electrons. The highest BCUT2D eigenvalue weighted by atomic mass is 35.5. The van der Waals surface area contributed by atoms with Crippen LogP contribution in [0, 0.1) is 0 Å². The molecule has 0 amide bonds. The molecule has 0 aliphatic carbocycles. The summed E-state index contributed by atoms with van der Waals surface area (Å²) in [6.45, 7) is 2.76. The number of halogens is 2. The molecule has 25 heavy (non-hydrogen) atoms. The van der Waals surface area contributed by atoms with Gasteiger partial charge in [-0.05, 0) is 43.4 Å². The molecule has 0 bridgehead atoms. The molecule has 0 saturated carbocycles. The predicted octanol–water partition coefficient (Wildman–Crippen LogP) is 4.44. The quantitative estimate of drug-likeness (QED) is 0.802. The van der Waals surface area contributed by atoms with Gasteiger partial charge in [0, 0.05) is 35.7 Å². The fraction of sp³-hybridized carbons (Fsp3) is 0.444. The second-order valence-corrected chi connectivity index (χ2v) is 6.90. The van der Waals surface area contributed by atoms with Crippen LogP contribution in [0.5, 0.6) is 6.01 Å². The van der Waals surface area contributed by atoms with E-state index >= 15 is 0 Å². The zero-order chi connectivity index (χ0) is 17.6. The normalized spacial score (nSPS) is 14.4. The molecular weight excluding hydrogens is 359 g/mol. The molecule has 2 heterocycles. The third kappa shape index (κ3) is 4.89. The minimum absolute atomic E-state index is 0.384. The molecule has 0 spiro atoms. The van der Waals surface area contributed by atoms with E-state index in [0.717, 1.165) is 36.7 Å². The number of piperidine rings is 1. The molecule has 0 atom stereocenters. The Morgan fingerprint density at radius 2 is 1.92 bits per heavy atom. The van der Waals surface area contributed by atoms with E-state index in [2.05, 4.69) is 20.2 Å². The number of aromatic nitrogens is 2. The molecule has 1 aliphatic heterocycles. The van der Waals surface area contributed by atoms with Gasteiger partial charge in [0.05, 0.1) is 7.11 Å². The molecule has 3 rings (SSSR count). The number of anilines is 2. The van der Waals surface area contributed by atoms with Crippen LogP contribution in [-0.4, -0.2) is 36.7 Å². The van der Waals surface area contributed by atoms with E-state index in [0.29, 0.717) is 22.6 Å². The Morgan fingerprint density at radius 1 is 1.12 bits per heavy atom. The number of nitrogens with one attached hydrogen (secondary N) is 1. The van der Waals surface area contributed by atoms with Crippen molar-refractivity contribution in [3.8, 4) is 6.01 Å². The monoisotopic (exact) mass is 380 g/mol. The lowest BCUT2D eigenvalue weighted by Crippen LogP contribution is -2.30. The minimum Gasteiger partial charge on any atom is -0.467 e. The van der Waals surface area contributed by atoms with Crippen molar-refractivity contribution in [3.05, 3.63) is 39.9 Å². The van der Waals surface area contributed by atoms with Gasteiger partial charge >= 0.3 is 6.01 Å². The van der Waals surface area contributed by atoms with Crippen LogP contribution in [0.3, 0.4) is 0 Å². The maximum atomic E-state index is 6.22. The smallest absolute Gasteiger partial charge is 0.320 e. The molecule has 1 N–H and O–H groups in total. The van der Waals surface area contributed by atoms with Gasteiger partial charge in [-0.15, -0.1) is 0 Å². The molecule has 1 aromatic carbocycles. The van der Waals surface area contributed by atoms with Crippen molar-refractivity contribution in [3.63, 3.8) is 0 Å².